The number of ketones is 1. The van der Waals surface area contributed by atoms with Crippen molar-refractivity contribution in [2.75, 3.05) is 27.4 Å². The first kappa shape index (κ1) is 20.9. The standard InChI is InChI=1S/C23H27NO5/c1-14-5-7-16(8-6-14)20-19(22(26)23(27)24(20)11-12-28-3)21(25)17-9-10-18(29-4)15(2)13-17/h5-10,15,20,26H,11-13H2,1-4H3. The van der Waals surface area contributed by atoms with E-state index in [4.69, 9.17) is 9.47 Å². The number of carbonyl (C=O) groups excluding carboxylic acids is 2. The SMILES string of the molecule is COCCN1C(=O)C(O)=C(C(=O)C2=CC=C(OC)C(C)C2)C1c1ccc(C)cc1. The molecule has 29 heavy (non-hydrogen) atoms. The van der Waals surface area contributed by atoms with Gasteiger partial charge in [0.1, 0.15) is 0 Å². The number of aliphatic hydroxyl groups excluding tert-OH is 1. The first-order valence-corrected chi connectivity index (χ1v) is 9.68. The molecule has 2 atom stereocenters. The van der Waals surface area contributed by atoms with E-state index < -0.39 is 17.7 Å². The van der Waals surface area contributed by atoms with E-state index in [9.17, 15) is 14.7 Å². The number of amides is 1. The van der Waals surface area contributed by atoms with Gasteiger partial charge in [-0.1, -0.05) is 42.8 Å². The summed E-state index contributed by atoms with van der Waals surface area (Å²) in [6.45, 7) is 4.53. The second kappa shape index (κ2) is 8.66. The summed E-state index contributed by atoms with van der Waals surface area (Å²) in [4.78, 5) is 27.7. The van der Waals surface area contributed by atoms with E-state index in [1.54, 1.807) is 26.4 Å². The molecule has 1 aliphatic heterocycles. The average Bonchev–Trinajstić information content (AvgIpc) is 2.96. The van der Waals surface area contributed by atoms with Crippen LogP contribution in [0.1, 0.15) is 30.5 Å². The van der Waals surface area contributed by atoms with Gasteiger partial charge in [0.2, 0.25) is 0 Å². The molecule has 0 fully saturated rings. The van der Waals surface area contributed by atoms with Crippen molar-refractivity contribution >= 4 is 11.7 Å². The maximum atomic E-state index is 13.4. The minimum absolute atomic E-state index is 0.0474. The molecule has 0 saturated carbocycles. The van der Waals surface area contributed by atoms with Gasteiger partial charge in [0.05, 0.1) is 31.1 Å². The van der Waals surface area contributed by atoms with Gasteiger partial charge in [0, 0.05) is 25.1 Å². The first-order chi connectivity index (χ1) is 13.9. The molecule has 0 spiro atoms. The van der Waals surface area contributed by atoms with Gasteiger partial charge >= 0.3 is 0 Å². The van der Waals surface area contributed by atoms with Crippen molar-refractivity contribution in [3.8, 4) is 0 Å². The highest BCUT2D eigenvalue weighted by molar-refractivity contribution is 6.16. The van der Waals surface area contributed by atoms with Crippen LogP contribution in [0.3, 0.4) is 0 Å². The van der Waals surface area contributed by atoms with Crippen molar-refractivity contribution in [3.63, 3.8) is 0 Å². The Morgan fingerprint density at radius 3 is 2.48 bits per heavy atom. The largest absolute Gasteiger partial charge is 0.503 e. The van der Waals surface area contributed by atoms with E-state index in [0.29, 0.717) is 18.6 Å². The summed E-state index contributed by atoms with van der Waals surface area (Å²) in [5.74, 6) is -0.481. The van der Waals surface area contributed by atoms with Gasteiger partial charge < -0.3 is 19.5 Å². The number of nitrogens with zero attached hydrogens (tertiary/aromatic N) is 1. The van der Waals surface area contributed by atoms with Crippen LogP contribution in [-0.4, -0.2) is 49.1 Å². The smallest absolute Gasteiger partial charge is 0.290 e. The number of ether oxygens (including phenoxy) is 2. The molecule has 3 rings (SSSR count). The number of benzene rings is 1. The van der Waals surface area contributed by atoms with E-state index in [0.717, 1.165) is 16.9 Å². The minimum Gasteiger partial charge on any atom is -0.503 e. The van der Waals surface area contributed by atoms with Crippen LogP contribution in [0.15, 0.2) is 59.1 Å². The molecule has 1 aliphatic carbocycles. The third kappa shape index (κ3) is 3.98. The van der Waals surface area contributed by atoms with Crippen molar-refractivity contribution in [1.29, 1.82) is 0 Å². The molecule has 0 radical (unpaired) electrons. The molecule has 1 heterocycles. The van der Waals surface area contributed by atoms with Crippen LogP contribution in [0.5, 0.6) is 0 Å². The Balaban J connectivity index is 2.03. The second-order valence-electron chi connectivity index (χ2n) is 7.47. The zero-order valence-corrected chi connectivity index (χ0v) is 17.3. The molecule has 0 aromatic heterocycles. The number of Topliss-reactive ketones (excluding diaryl/α,β-unsaturated/α-hetero) is 1. The van der Waals surface area contributed by atoms with Crippen LogP contribution in [-0.2, 0) is 19.1 Å². The van der Waals surface area contributed by atoms with Gasteiger partial charge in [-0.3, -0.25) is 9.59 Å². The quantitative estimate of drug-likeness (QED) is 0.763. The number of hydrogen-bond donors (Lipinski definition) is 1. The summed E-state index contributed by atoms with van der Waals surface area (Å²) in [7, 11) is 3.16. The Bertz CT molecular complexity index is 894. The molecule has 0 bridgehead atoms. The fraction of sp³-hybridized carbons (Fsp3) is 0.391. The molecule has 2 unspecified atom stereocenters. The fourth-order valence-electron chi connectivity index (χ4n) is 3.86. The lowest BCUT2D eigenvalue weighted by molar-refractivity contribution is -0.130. The summed E-state index contributed by atoms with van der Waals surface area (Å²) in [5.41, 5.74) is 2.54. The zero-order valence-electron chi connectivity index (χ0n) is 17.3. The lowest BCUT2D eigenvalue weighted by atomic mass is 9.86. The Morgan fingerprint density at radius 2 is 1.90 bits per heavy atom. The molecule has 154 valence electrons. The monoisotopic (exact) mass is 397 g/mol. The minimum atomic E-state index is -0.644. The molecule has 6 heteroatoms. The summed E-state index contributed by atoms with van der Waals surface area (Å²) < 4.78 is 10.5. The number of rotatable bonds is 7. The van der Waals surface area contributed by atoms with Crippen LogP contribution in [0, 0.1) is 12.8 Å². The van der Waals surface area contributed by atoms with E-state index in [1.165, 1.54) is 4.90 Å². The van der Waals surface area contributed by atoms with Crippen LogP contribution in [0.2, 0.25) is 0 Å². The van der Waals surface area contributed by atoms with Crippen LogP contribution in [0.25, 0.3) is 0 Å². The van der Waals surface area contributed by atoms with E-state index in [-0.39, 0.29) is 23.8 Å². The Morgan fingerprint density at radius 1 is 1.21 bits per heavy atom. The van der Waals surface area contributed by atoms with Gasteiger partial charge in [-0.05, 0) is 25.0 Å². The van der Waals surface area contributed by atoms with Crippen molar-refractivity contribution in [2.24, 2.45) is 5.92 Å². The average molecular weight is 397 g/mol. The van der Waals surface area contributed by atoms with Gasteiger partial charge in [-0.25, -0.2) is 0 Å². The molecule has 6 nitrogen and oxygen atoms in total. The Kier molecular flexibility index (Phi) is 6.23. The predicted molar refractivity (Wildman–Crippen MR) is 109 cm³/mol. The molecule has 0 saturated heterocycles. The molecule has 2 aliphatic rings. The van der Waals surface area contributed by atoms with E-state index in [1.807, 2.05) is 38.1 Å². The van der Waals surface area contributed by atoms with Crippen molar-refractivity contribution in [3.05, 3.63) is 70.2 Å². The normalized spacial score (nSPS) is 21.9. The Labute approximate surface area is 171 Å². The first-order valence-electron chi connectivity index (χ1n) is 9.68. The van der Waals surface area contributed by atoms with Gasteiger partial charge in [0.15, 0.2) is 11.5 Å². The third-order valence-corrected chi connectivity index (χ3v) is 5.47. The predicted octanol–water partition coefficient (Wildman–Crippen LogP) is 3.40. The third-order valence-electron chi connectivity index (χ3n) is 5.47. The van der Waals surface area contributed by atoms with Crippen LogP contribution in [0.4, 0.5) is 0 Å². The number of allylic oxidation sites excluding steroid dienone is 4. The molecule has 1 amide bonds. The van der Waals surface area contributed by atoms with E-state index >= 15 is 0 Å². The van der Waals surface area contributed by atoms with E-state index in [2.05, 4.69) is 0 Å². The highest BCUT2D eigenvalue weighted by Crippen LogP contribution is 2.40. The van der Waals surface area contributed by atoms with Gasteiger partial charge in [0.25, 0.3) is 5.91 Å². The number of aliphatic hydroxyl groups is 1. The highest BCUT2D eigenvalue weighted by Gasteiger charge is 2.44. The van der Waals surface area contributed by atoms with Crippen LogP contribution >= 0.6 is 0 Å². The topological polar surface area (TPSA) is 76.1 Å². The van der Waals surface area contributed by atoms with Gasteiger partial charge in [-0.2, -0.15) is 0 Å². The number of carbonyl (C=O) groups is 2. The fourth-order valence-corrected chi connectivity index (χ4v) is 3.86. The zero-order chi connectivity index (χ0) is 21.1. The summed E-state index contributed by atoms with van der Waals surface area (Å²) in [5, 5.41) is 10.6. The number of methoxy groups -OCH3 is 2. The molecule has 1 N–H and O–H groups in total. The van der Waals surface area contributed by atoms with Gasteiger partial charge in [-0.15, -0.1) is 0 Å². The maximum absolute atomic E-state index is 13.4. The number of hydrogen-bond acceptors (Lipinski definition) is 5. The van der Waals surface area contributed by atoms with Crippen molar-refractivity contribution in [1.82, 2.24) is 4.90 Å². The lowest BCUT2D eigenvalue weighted by Gasteiger charge is -2.27. The summed E-state index contributed by atoms with van der Waals surface area (Å²) >= 11 is 0. The molecule has 1 aromatic rings. The highest BCUT2D eigenvalue weighted by atomic mass is 16.5. The van der Waals surface area contributed by atoms with Crippen LogP contribution < -0.4 is 0 Å². The summed E-state index contributed by atoms with van der Waals surface area (Å²) in [6, 6.07) is 7.00. The Hall–Kier alpha value is -2.86. The molecular weight excluding hydrogens is 370 g/mol. The molecule has 1 aromatic carbocycles. The molecular formula is C23H27NO5. The summed E-state index contributed by atoms with van der Waals surface area (Å²) in [6.07, 6.45) is 3.98. The lowest BCUT2D eigenvalue weighted by Crippen LogP contribution is -2.34. The van der Waals surface area contributed by atoms with Crippen molar-refractivity contribution < 1.29 is 24.2 Å². The maximum Gasteiger partial charge on any atom is 0.290 e. The number of aryl methyl sites for hydroxylation is 1. The van der Waals surface area contributed by atoms with Crippen molar-refractivity contribution in [2.45, 2.75) is 26.3 Å². The second-order valence-corrected chi connectivity index (χ2v) is 7.47.